The van der Waals surface area contributed by atoms with Crippen molar-refractivity contribution in [3.05, 3.63) is 34.6 Å². The van der Waals surface area contributed by atoms with Crippen LogP contribution in [0.1, 0.15) is 18.4 Å². The monoisotopic (exact) mass is 353 g/mol. The van der Waals surface area contributed by atoms with Gasteiger partial charge in [-0.25, -0.2) is 4.39 Å². The van der Waals surface area contributed by atoms with Gasteiger partial charge in [0, 0.05) is 49.2 Å². The summed E-state index contributed by atoms with van der Waals surface area (Å²) in [6.45, 7) is 5.72. The van der Waals surface area contributed by atoms with Gasteiger partial charge in [-0.3, -0.25) is 9.69 Å². The predicted molar refractivity (Wildman–Crippen MR) is 93.5 cm³/mol. The maximum absolute atomic E-state index is 13.9. The topological polar surface area (TPSA) is 26.8 Å². The van der Waals surface area contributed by atoms with Crippen LogP contribution in [0.4, 0.5) is 4.39 Å². The maximum atomic E-state index is 13.9. The molecule has 0 saturated carbocycles. The highest BCUT2D eigenvalue weighted by Crippen LogP contribution is 2.25. The molecular formula is C18H25ClFN3O. The van der Waals surface area contributed by atoms with Crippen molar-refractivity contribution in [1.29, 1.82) is 0 Å². The molecular weight excluding hydrogens is 329 g/mol. The largest absolute Gasteiger partial charge is 0.340 e. The summed E-state index contributed by atoms with van der Waals surface area (Å²) in [4.78, 5) is 19.1. The number of likely N-dealkylation sites (N-methyl/N-ethyl adjacent to an activating group) is 1. The fourth-order valence-corrected chi connectivity index (χ4v) is 3.75. The smallest absolute Gasteiger partial charge is 0.225 e. The van der Waals surface area contributed by atoms with E-state index in [1.807, 2.05) is 4.90 Å². The minimum absolute atomic E-state index is 0.112. The van der Waals surface area contributed by atoms with Gasteiger partial charge >= 0.3 is 0 Å². The van der Waals surface area contributed by atoms with Gasteiger partial charge < -0.3 is 9.80 Å². The molecule has 0 N–H and O–H groups in total. The molecule has 132 valence electrons. The van der Waals surface area contributed by atoms with Crippen molar-refractivity contribution >= 4 is 17.5 Å². The quantitative estimate of drug-likeness (QED) is 0.835. The van der Waals surface area contributed by atoms with Crippen LogP contribution >= 0.6 is 11.6 Å². The minimum Gasteiger partial charge on any atom is -0.340 e. The highest BCUT2D eigenvalue weighted by atomic mass is 35.5. The molecule has 2 fully saturated rings. The van der Waals surface area contributed by atoms with Crippen molar-refractivity contribution < 1.29 is 9.18 Å². The van der Waals surface area contributed by atoms with E-state index in [2.05, 4.69) is 16.8 Å². The molecule has 24 heavy (non-hydrogen) atoms. The van der Waals surface area contributed by atoms with E-state index in [1.54, 1.807) is 12.1 Å². The molecule has 0 spiro atoms. The average molecular weight is 354 g/mol. The second kappa shape index (κ2) is 7.81. The Morgan fingerprint density at radius 2 is 1.83 bits per heavy atom. The summed E-state index contributed by atoms with van der Waals surface area (Å²) in [6, 6.07) is 4.80. The SMILES string of the molecule is CN1CCN(C(=O)C2CCN(Cc3c(F)cccc3Cl)CC2)CC1. The molecule has 2 aliphatic rings. The molecule has 6 heteroatoms. The Bertz CT molecular complexity index is 561. The normalized spacial score (nSPS) is 21.2. The van der Waals surface area contributed by atoms with Crippen LogP contribution in [0.2, 0.25) is 5.02 Å². The first kappa shape index (κ1) is 17.6. The van der Waals surface area contributed by atoms with Crippen LogP contribution < -0.4 is 0 Å². The third kappa shape index (κ3) is 4.08. The van der Waals surface area contributed by atoms with Gasteiger partial charge in [0.1, 0.15) is 5.82 Å². The highest BCUT2D eigenvalue weighted by Gasteiger charge is 2.30. The lowest BCUT2D eigenvalue weighted by Gasteiger charge is -2.37. The van der Waals surface area contributed by atoms with Crippen molar-refractivity contribution in [2.24, 2.45) is 5.92 Å². The van der Waals surface area contributed by atoms with Crippen LogP contribution in [-0.4, -0.2) is 66.9 Å². The number of piperazine rings is 1. The Morgan fingerprint density at radius 1 is 1.17 bits per heavy atom. The van der Waals surface area contributed by atoms with Gasteiger partial charge in [0.25, 0.3) is 0 Å². The zero-order valence-corrected chi connectivity index (χ0v) is 14.9. The van der Waals surface area contributed by atoms with Crippen LogP contribution in [-0.2, 0) is 11.3 Å². The van der Waals surface area contributed by atoms with E-state index in [0.29, 0.717) is 23.0 Å². The fraction of sp³-hybridized carbons (Fsp3) is 0.611. The Kier molecular flexibility index (Phi) is 5.74. The van der Waals surface area contributed by atoms with Crippen molar-refractivity contribution in [3.8, 4) is 0 Å². The zero-order valence-electron chi connectivity index (χ0n) is 14.2. The number of carbonyl (C=O) groups is 1. The van der Waals surface area contributed by atoms with Crippen molar-refractivity contribution in [2.75, 3.05) is 46.3 Å². The summed E-state index contributed by atoms with van der Waals surface area (Å²) in [5, 5.41) is 0.477. The van der Waals surface area contributed by atoms with E-state index in [9.17, 15) is 9.18 Å². The summed E-state index contributed by atoms with van der Waals surface area (Å²) in [7, 11) is 2.09. The van der Waals surface area contributed by atoms with Gasteiger partial charge in [-0.15, -0.1) is 0 Å². The van der Waals surface area contributed by atoms with Crippen molar-refractivity contribution in [1.82, 2.24) is 14.7 Å². The first-order valence-electron chi connectivity index (χ1n) is 8.67. The molecule has 0 aromatic heterocycles. The Hall–Kier alpha value is -1.17. The van der Waals surface area contributed by atoms with E-state index >= 15 is 0 Å². The molecule has 1 aromatic rings. The first-order valence-corrected chi connectivity index (χ1v) is 9.05. The number of hydrogen-bond donors (Lipinski definition) is 0. The lowest BCUT2D eigenvalue weighted by atomic mass is 9.94. The summed E-state index contributed by atoms with van der Waals surface area (Å²) in [5.41, 5.74) is 0.558. The average Bonchev–Trinajstić information content (AvgIpc) is 2.59. The Labute approximate surface area is 148 Å². The van der Waals surface area contributed by atoms with E-state index in [4.69, 9.17) is 11.6 Å². The zero-order chi connectivity index (χ0) is 17.1. The summed E-state index contributed by atoms with van der Waals surface area (Å²) in [6.07, 6.45) is 1.69. The molecule has 2 saturated heterocycles. The third-order valence-electron chi connectivity index (χ3n) is 5.20. The minimum atomic E-state index is -0.252. The molecule has 2 heterocycles. The van der Waals surface area contributed by atoms with Crippen LogP contribution in [0.25, 0.3) is 0 Å². The molecule has 0 aliphatic carbocycles. The molecule has 4 nitrogen and oxygen atoms in total. The molecule has 3 rings (SSSR count). The van der Waals surface area contributed by atoms with E-state index in [0.717, 1.165) is 52.1 Å². The number of likely N-dealkylation sites (tertiary alicyclic amines) is 1. The molecule has 0 radical (unpaired) electrons. The number of nitrogens with zero attached hydrogens (tertiary/aromatic N) is 3. The molecule has 2 aliphatic heterocycles. The van der Waals surface area contributed by atoms with Gasteiger partial charge in [-0.2, -0.15) is 0 Å². The standard InChI is InChI=1S/C18H25ClFN3O/c1-21-9-11-23(12-10-21)18(24)14-5-7-22(8-6-14)13-15-16(19)3-2-4-17(15)20/h2-4,14H,5-13H2,1H3. The van der Waals surface area contributed by atoms with Gasteiger partial charge in [-0.05, 0) is 45.1 Å². The third-order valence-corrected chi connectivity index (χ3v) is 5.55. The number of halogens is 2. The summed E-state index contributed by atoms with van der Waals surface area (Å²) in [5.74, 6) is 0.158. The van der Waals surface area contributed by atoms with Gasteiger partial charge in [0.2, 0.25) is 5.91 Å². The first-order chi connectivity index (χ1) is 11.5. The maximum Gasteiger partial charge on any atom is 0.225 e. The van der Waals surface area contributed by atoms with Crippen molar-refractivity contribution in [2.45, 2.75) is 19.4 Å². The number of rotatable bonds is 3. The molecule has 0 bridgehead atoms. The Balaban J connectivity index is 1.51. The molecule has 0 unspecified atom stereocenters. The van der Waals surface area contributed by atoms with Gasteiger partial charge in [0.05, 0.1) is 0 Å². The number of piperidine rings is 1. The van der Waals surface area contributed by atoms with E-state index in [1.165, 1.54) is 6.07 Å². The van der Waals surface area contributed by atoms with Gasteiger partial charge in [-0.1, -0.05) is 17.7 Å². The van der Waals surface area contributed by atoms with Crippen LogP contribution in [0.3, 0.4) is 0 Å². The molecule has 0 atom stereocenters. The fourth-order valence-electron chi connectivity index (χ4n) is 3.53. The summed E-state index contributed by atoms with van der Waals surface area (Å²) >= 11 is 6.11. The molecule has 1 aromatic carbocycles. The number of carbonyl (C=O) groups excluding carboxylic acids is 1. The number of benzene rings is 1. The predicted octanol–water partition coefficient (Wildman–Crippen LogP) is 2.47. The van der Waals surface area contributed by atoms with E-state index < -0.39 is 0 Å². The van der Waals surface area contributed by atoms with E-state index in [-0.39, 0.29) is 11.7 Å². The second-order valence-corrected chi connectivity index (χ2v) is 7.29. The summed E-state index contributed by atoms with van der Waals surface area (Å²) < 4.78 is 13.9. The lowest BCUT2D eigenvalue weighted by molar-refractivity contribution is -0.138. The van der Waals surface area contributed by atoms with Gasteiger partial charge in [0.15, 0.2) is 0 Å². The molecule has 1 amide bonds. The lowest BCUT2D eigenvalue weighted by Crippen LogP contribution is -2.50. The van der Waals surface area contributed by atoms with Crippen LogP contribution in [0, 0.1) is 11.7 Å². The van der Waals surface area contributed by atoms with Crippen molar-refractivity contribution in [3.63, 3.8) is 0 Å². The number of hydrogen-bond acceptors (Lipinski definition) is 3. The van der Waals surface area contributed by atoms with Crippen LogP contribution in [0.15, 0.2) is 18.2 Å². The number of amides is 1. The second-order valence-electron chi connectivity index (χ2n) is 6.88. The Morgan fingerprint density at radius 3 is 2.46 bits per heavy atom. The van der Waals surface area contributed by atoms with Crippen LogP contribution in [0.5, 0.6) is 0 Å². The highest BCUT2D eigenvalue weighted by molar-refractivity contribution is 6.31.